The fourth-order valence-corrected chi connectivity index (χ4v) is 3.53. The van der Waals surface area contributed by atoms with Gasteiger partial charge in [0.1, 0.15) is 11.1 Å². The van der Waals surface area contributed by atoms with Crippen LogP contribution in [0.2, 0.25) is 0 Å². The van der Waals surface area contributed by atoms with Crippen LogP contribution in [-0.2, 0) is 4.79 Å². The largest absolute Gasteiger partial charge is 0.484 e. The van der Waals surface area contributed by atoms with Crippen molar-refractivity contribution in [2.45, 2.75) is 5.37 Å². The number of amides is 1. The van der Waals surface area contributed by atoms with Crippen LogP contribution in [0.25, 0.3) is 0 Å². The van der Waals surface area contributed by atoms with Gasteiger partial charge in [-0.15, -0.1) is 11.8 Å². The van der Waals surface area contributed by atoms with E-state index in [4.69, 9.17) is 4.74 Å². The molecule has 1 unspecified atom stereocenters. The van der Waals surface area contributed by atoms with Crippen molar-refractivity contribution in [3.8, 4) is 5.75 Å². The van der Waals surface area contributed by atoms with Gasteiger partial charge in [0.05, 0.1) is 0 Å². The van der Waals surface area contributed by atoms with Gasteiger partial charge in [-0.3, -0.25) is 9.78 Å². The summed E-state index contributed by atoms with van der Waals surface area (Å²) in [5.41, 5.74) is 1.06. The zero-order chi connectivity index (χ0) is 14.5. The second-order valence-electron chi connectivity index (χ2n) is 4.70. The number of hydrogen-bond donors (Lipinski definition) is 0. The minimum Gasteiger partial charge on any atom is -0.484 e. The van der Waals surface area contributed by atoms with Crippen molar-refractivity contribution in [3.05, 3.63) is 60.4 Å². The smallest absolute Gasteiger partial charge is 0.261 e. The lowest BCUT2D eigenvalue weighted by Gasteiger charge is -2.23. The summed E-state index contributed by atoms with van der Waals surface area (Å²) >= 11 is 1.76. The van der Waals surface area contributed by atoms with Crippen LogP contribution in [0.15, 0.2) is 54.9 Å². The van der Waals surface area contributed by atoms with Crippen LogP contribution in [0.3, 0.4) is 0 Å². The van der Waals surface area contributed by atoms with Gasteiger partial charge in [0, 0.05) is 30.3 Å². The van der Waals surface area contributed by atoms with Crippen molar-refractivity contribution >= 4 is 17.7 Å². The van der Waals surface area contributed by atoms with Gasteiger partial charge in [0.15, 0.2) is 6.61 Å². The van der Waals surface area contributed by atoms with E-state index in [-0.39, 0.29) is 17.9 Å². The zero-order valence-electron chi connectivity index (χ0n) is 11.5. The maximum atomic E-state index is 12.4. The van der Waals surface area contributed by atoms with Crippen LogP contribution in [0, 0.1) is 0 Å². The first-order valence-corrected chi connectivity index (χ1v) is 7.88. The number of rotatable bonds is 4. The third-order valence-corrected chi connectivity index (χ3v) is 4.55. The topological polar surface area (TPSA) is 42.4 Å². The van der Waals surface area contributed by atoms with Crippen LogP contribution < -0.4 is 4.74 Å². The van der Waals surface area contributed by atoms with E-state index in [9.17, 15) is 4.79 Å². The second-order valence-corrected chi connectivity index (χ2v) is 5.89. The molecule has 5 heteroatoms. The third-order valence-electron chi connectivity index (χ3n) is 3.29. The number of carbonyl (C=O) groups is 1. The number of carbonyl (C=O) groups excluding carboxylic acids is 1. The first-order chi connectivity index (χ1) is 10.3. The molecule has 1 aliphatic rings. The van der Waals surface area contributed by atoms with Gasteiger partial charge in [0.25, 0.3) is 5.91 Å². The van der Waals surface area contributed by atoms with Crippen molar-refractivity contribution < 1.29 is 9.53 Å². The monoisotopic (exact) mass is 300 g/mol. The van der Waals surface area contributed by atoms with Crippen molar-refractivity contribution in [1.29, 1.82) is 0 Å². The Morgan fingerprint density at radius 1 is 1.29 bits per heavy atom. The van der Waals surface area contributed by atoms with E-state index >= 15 is 0 Å². The summed E-state index contributed by atoms with van der Waals surface area (Å²) in [5.74, 6) is 1.67. The van der Waals surface area contributed by atoms with E-state index in [1.165, 1.54) is 0 Å². The van der Waals surface area contributed by atoms with Crippen LogP contribution in [-0.4, -0.2) is 34.7 Å². The zero-order valence-corrected chi connectivity index (χ0v) is 12.3. The maximum Gasteiger partial charge on any atom is 0.261 e. The number of thioether (sulfide) groups is 1. The average molecular weight is 300 g/mol. The predicted molar refractivity (Wildman–Crippen MR) is 83.1 cm³/mol. The molecule has 1 amide bonds. The van der Waals surface area contributed by atoms with Crippen molar-refractivity contribution in [3.63, 3.8) is 0 Å². The average Bonchev–Trinajstić information content (AvgIpc) is 3.04. The fraction of sp³-hybridized carbons (Fsp3) is 0.250. The van der Waals surface area contributed by atoms with E-state index in [1.807, 2.05) is 53.6 Å². The highest BCUT2D eigenvalue weighted by Gasteiger charge is 2.30. The summed E-state index contributed by atoms with van der Waals surface area (Å²) in [7, 11) is 0. The Bertz CT molecular complexity index is 592. The summed E-state index contributed by atoms with van der Waals surface area (Å²) in [5, 5.41) is 0.0468. The van der Waals surface area contributed by atoms with E-state index in [2.05, 4.69) is 4.98 Å². The van der Waals surface area contributed by atoms with E-state index in [0.717, 1.165) is 23.6 Å². The van der Waals surface area contributed by atoms with Gasteiger partial charge in [-0.1, -0.05) is 24.3 Å². The third kappa shape index (κ3) is 3.36. The normalized spacial score (nSPS) is 17.7. The molecular formula is C16H16N2O2S. The molecule has 0 saturated carbocycles. The van der Waals surface area contributed by atoms with Crippen LogP contribution >= 0.6 is 11.8 Å². The Balaban J connectivity index is 1.64. The number of pyridine rings is 1. The van der Waals surface area contributed by atoms with Gasteiger partial charge < -0.3 is 9.64 Å². The van der Waals surface area contributed by atoms with E-state index in [1.54, 1.807) is 18.0 Å². The molecule has 4 nitrogen and oxygen atoms in total. The molecule has 0 spiro atoms. The van der Waals surface area contributed by atoms with Crippen LogP contribution in [0.4, 0.5) is 0 Å². The SMILES string of the molecule is O=C(COc1ccccc1)N1CCSC1c1cccnc1. The molecule has 0 aliphatic carbocycles. The first kappa shape index (κ1) is 13.9. The standard InChI is InChI=1S/C16H16N2O2S/c19-15(12-20-14-6-2-1-3-7-14)18-9-10-21-16(18)13-5-4-8-17-11-13/h1-8,11,16H,9-10,12H2. The number of para-hydroxylation sites is 1. The van der Waals surface area contributed by atoms with Gasteiger partial charge in [0.2, 0.25) is 0 Å². The molecule has 3 rings (SSSR count). The lowest BCUT2D eigenvalue weighted by molar-refractivity contribution is -0.133. The molecule has 108 valence electrons. The molecule has 1 aliphatic heterocycles. The quantitative estimate of drug-likeness (QED) is 0.871. The number of hydrogen-bond acceptors (Lipinski definition) is 4. The highest BCUT2D eigenvalue weighted by Crippen LogP contribution is 2.37. The second kappa shape index (κ2) is 6.63. The van der Waals surface area contributed by atoms with Crippen LogP contribution in [0.5, 0.6) is 5.75 Å². The highest BCUT2D eigenvalue weighted by molar-refractivity contribution is 7.99. The summed E-state index contributed by atoms with van der Waals surface area (Å²) in [6.45, 7) is 0.822. The summed E-state index contributed by atoms with van der Waals surface area (Å²) in [4.78, 5) is 18.4. The van der Waals surface area contributed by atoms with Crippen LogP contribution in [0.1, 0.15) is 10.9 Å². The minimum absolute atomic E-state index is 0.0118. The Morgan fingerprint density at radius 3 is 2.90 bits per heavy atom. The van der Waals surface area contributed by atoms with E-state index in [0.29, 0.717) is 0 Å². The van der Waals surface area contributed by atoms with Crippen molar-refractivity contribution in [1.82, 2.24) is 9.88 Å². The fourth-order valence-electron chi connectivity index (χ4n) is 2.27. The molecule has 0 N–H and O–H groups in total. The van der Waals surface area contributed by atoms with Crippen molar-refractivity contribution in [2.75, 3.05) is 18.9 Å². The number of nitrogens with zero attached hydrogens (tertiary/aromatic N) is 2. The molecule has 1 aromatic carbocycles. The lowest BCUT2D eigenvalue weighted by atomic mass is 10.2. The molecule has 1 saturated heterocycles. The summed E-state index contributed by atoms with van der Waals surface area (Å²) in [6, 6.07) is 13.3. The number of aromatic nitrogens is 1. The summed E-state index contributed by atoms with van der Waals surface area (Å²) < 4.78 is 5.55. The first-order valence-electron chi connectivity index (χ1n) is 6.83. The molecule has 2 heterocycles. The summed E-state index contributed by atoms with van der Waals surface area (Å²) in [6.07, 6.45) is 3.56. The Morgan fingerprint density at radius 2 is 2.14 bits per heavy atom. The Labute approximate surface area is 128 Å². The Kier molecular flexibility index (Phi) is 4.40. The van der Waals surface area contributed by atoms with Gasteiger partial charge in [-0.25, -0.2) is 0 Å². The van der Waals surface area contributed by atoms with Gasteiger partial charge >= 0.3 is 0 Å². The molecule has 1 atom stereocenters. The number of ether oxygens (including phenoxy) is 1. The predicted octanol–water partition coefficient (Wildman–Crippen LogP) is 2.73. The molecule has 0 radical (unpaired) electrons. The molecule has 0 bridgehead atoms. The maximum absolute atomic E-state index is 12.4. The lowest BCUT2D eigenvalue weighted by Crippen LogP contribution is -2.34. The molecular weight excluding hydrogens is 284 g/mol. The van der Waals surface area contributed by atoms with E-state index < -0.39 is 0 Å². The molecule has 21 heavy (non-hydrogen) atoms. The minimum atomic E-state index is 0.0118. The molecule has 1 fully saturated rings. The van der Waals surface area contributed by atoms with Crippen molar-refractivity contribution in [2.24, 2.45) is 0 Å². The molecule has 1 aromatic heterocycles. The van der Waals surface area contributed by atoms with Gasteiger partial charge in [-0.05, 0) is 18.2 Å². The Hall–Kier alpha value is -2.01. The highest BCUT2D eigenvalue weighted by atomic mass is 32.2. The number of benzene rings is 1. The molecule has 2 aromatic rings. The van der Waals surface area contributed by atoms with Gasteiger partial charge in [-0.2, -0.15) is 0 Å².